The number of hydrogen-bond donors (Lipinski definition) is 2. The van der Waals surface area contributed by atoms with Gasteiger partial charge in [0.2, 0.25) is 5.91 Å². The minimum absolute atomic E-state index is 0.00685. The molecule has 2 amide bonds. The largest absolute Gasteiger partial charge is 0.497 e. The van der Waals surface area contributed by atoms with Gasteiger partial charge in [-0.3, -0.25) is 9.59 Å². The maximum Gasteiger partial charge on any atom is 0.263 e. The maximum absolute atomic E-state index is 12.5. The average molecular weight is 446 g/mol. The third kappa shape index (κ3) is 5.11. The Kier molecular flexibility index (Phi) is 7.31. The Bertz CT molecular complexity index is 1030. The van der Waals surface area contributed by atoms with E-state index in [0.717, 1.165) is 21.4 Å². The molecule has 1 atom stereocenters. The number of methoxy groups -OCH3 is 1. The molecule has 6 nitrogen and oxygen atoms in total. The van der Waals surface area contributed by atoms with Crippen molar-refractivity contribution in [2.75, 3.05) is 34.3 Å². The Morgan fingerprint density at radius 2 is 1.80 bits per heavy atom. The van der Waals surface area contributed by atoms with Gasteiger partial charge in [0.05, 0.1) is 24.7 Å². The molecule has 0 unspecified atom stereocenters. The van der Waals surface area contributed by atoms with Crippen molar-refractivity contribution < 1.29 is 14.3 Å². The molecule has 2 aromatic carbocycles. The summed E-state index contributed by atoms with van der Waals surface area (Å²) >= 11 is 7.64. The minimum Gasteiger partial charge on any atom is -0.497 e. The molecule has 1 aromatic heterocycles. The molecule has 0 aliphatic rings. The van der Waals surface area contributed by atoms with Crippen LogP contribution in [0.25, 0.3) is 10.1 Å². The predicted octanol–water partition coefficient (Wildman–Crippen LogP) is 3.71. The topological polar surface area (TPSA) is 70.7 Å². The third-order valence-electron chi connectivity index (χ3n) is 4.77. The summed E-state index contributed by atoms with van der Waals surface area (Å²) < 4.78 is 6.13. The fourth-order valence-electron chi connectivity index (χ4n) is 3.10. The summed E-state index contributed by atoms with van der Waals surface area (Å²) in [6.07, 6.45) is 0. The van der Waals surface area contributed by atoms with Crippen molar-refractivity contribution in [2.24, 2.45) is 0 Å². The zero-order valence-electron chi connectivity index (χ0n) is 17.1. The maximum atomic E-state index is 12.5. The summed E-state index contributed by atoms with van der Waals surface area (Å²) in [4.78, 5) is 27.2. The Morgan fingerprint density at radius 3 is 2.43 bits per heavy atom. The van der Waals surface area contributed by atoms with Crippen LogP contribution in [-0.2, 0) is 4.79 Å². The first kappa shape index (κ1) is 22.1. The number of nitrogens with one attached hydrogen (secondary N) is 2. The normalized spacial score (nSPS) is 12.0. The van der Waals surface area contributed by atoms with Gasteiger partial charge >= 0.3 is 0 Å². The molecule has 0 radical (unpaired) electrons. The van der Waals surface area contributed by atoms with Gasteiger partial charge < -0.3 is 20.3 Å². The standard InChI is InChI=1S/C22H24ClN3O3S/c1-26(2)17(14-8-10-15(29-3)11-9-14)12-24-19(27)13-25-22(28)21-20(23)16-6-4-5-7-18(16)30-21/h4-11,17H,12-13H2,1-3H3,(H,24,27)(H,25,28)/t17-/m1/s1. The van der Waals surface area contributed by atoms with E-state index < -0.39 is 0 Å². The van der Waals surface area contributed by atoms with Gasteiger partial charge in [-0.2, -0.15) is 0 Å². The highest BCUT2D eigenvalue weighted by atomic mass is 35.5. The first-order valence-electron chi connectivity index (χ1n) is 9.43. The van der Waals surface area contributed by atoms with E-state index in [1.54, 1.807) is 7.11 Å². The van der Waals surface area contributed by atoms with Gasteiger partial charge in [-0.25, -0.2) is 0 Å². The monoisotopic (exact) mass is 445 g/mol. The fourth-order valence-corrected chi connectivity index (χ4v) is 4.53. The molecule has 0 aliphatic heterocycles. The Hall–Kier alpha value is -2.61. The second kappa shape index (κ2) is 9.93. The Morgan fingerprint density at radius 1 is 1.10 bits per heavy atom. The molecule has 0 saturated carbocycles. The number of carbonyl (C=O) groups is 2. The van der Waals surface area contributed by atoms with E-state index >= 15 is 0 Å². The van der Waals surface area contributed by atoms with Crippen molar-refractivity contribution in [2.45, 2.75) is 6.04 Å². The molecule has 8 heteroatoms. The number of amides is 2. The first-order chi connectivity index (χ1) is 14.4. The number of rotatable bonds is 8. The molecule has 0 aliphatic carbocycles. The lowest BCUT2D eigenvalue weighted by atomic mass is 10.1. The number of likely N-dealkylation sites (N-methyl/N-ethyl adjacent to an activating group) is 1. The highest BCUT2D eigenvalue weighted by molar-refractivity contribution is 7.21. The van der Waals surface area contributed by atoms with Crippen LogP contribution in [0.2, 0.25) is 5.02 Å². The van der Waals surface area contributed by atoms with Crippen LogP contribution in [0.5, 0.6) is 5.75 Å². The van der Waals surface area contributed by atoms with Crippen LogP contribution in [0.1, 0.15) is 21.3 Å². The number of fused-ring (bicyclic) bond motifs is 1. The number of nitrogens with zero attached hydrogens (tertiary/aromatic N) is 1. The lowest BCUT2D eigenvalue weighted by molar-refractivity contribution is -0.120. The van der Waals surface area contributed by atoms with Crippen LogP contribution in [0.15, 0.2) is 48.5 Å². The summed E-state index contributed by atoms with van der Waals surface area (Å²) in [6.45, 7) is 0.295. The van der Waals surface area contributed by atoms with E-state index in [-0.39, 0.29) is 24.4 Å². The fraction of sp³-hybridized carbons (Fsp3) is 0.273. The minimum atomic E-state index is -0.351. The average Bonchev–Trinajstić information content (AvgIpc) is 3.09. The number of thiophene rings is 1. The van der Waals surface area contributed by atoms with Crippen LogP contribution in [0.4, 0.5) is 0 Å². The van der Waals surface area contributed by atoms with Crippen LogP contribution in [0, 0.1) is 0 Å². The van der Waals surface area contributed by atoms with Gasteiger partial charge in [0, 0.05) is 16.6 Å². The lowest BCUT2D eigenvalue weighted by Crippen LogP contribution is -2.40. The van der Waals surface area contributed by atoms with Crippen molar-refractivity contribution >= 4 is 44.8 Å². The SMILES string of the molecule is COc1ccc([C@@H](CNC(=O)CNC(=O)c2sc3ccccc3c2Cl)N(C)C)cc1. The van der Waals surface area contributed by atoms with Crippen LogP contribution in [0.3, 0.4) is 0 Å². The van der Waals surface area contributed by atoms with Crippen molar-refractivity contribution in [1.29, 1.82) is 0 Å². The van der Waals surface area contributed by atoms with Crippen molar-refractivity contribution in [3.05, 3.63) is 64.0 Å². The van der Waals surface area contributed by atoms with Gasteiger partial charge in [0.15, 0.2) is 0 Å². The van der Waals surface area contributed by atoms with Gasteiger partial charge in [-0.05, 0) is 37.9 Å². The molecule has 3 aromatic rings. The van der Waals surface area contributed by atoms with E-state index in [1.807, 2.05) is 67.5 Å². The van der Waals surface area contributed by atoms with E-state index in [1.165, 1.54) is 11.3 Å². The molecule has 1 heterocycles. The zero-order chi connectivity index (χ0) is 21.7. The summed E-state index contributed by atoms with van der Waals surface area (Å²) in [5.41, 5.74) is 1.06. The van der Waals surface area contributed by atoms with E-state index in [2.05, 4.69) is 10.6 Å². The third-order valence-corrected chi connectivity index (χ3v) is 6.44. The molecular weight excluding hydrogens is 422 g/mol. The molecule has 0 saturated heterocycles. The Balaban J connectivity index is 1.56. The highest BCUT2D eigenvalue weighted by Gasteiger charge is 2.19. The summed E-state index contributed by atoms with van der Waals surface area (Å²) in [6, 6.07) is 15.3. The number of ether oxygens (including phenoxy) is 1. The molecule has 0 bridgehead atoms. The molecule has 3 rings (SSSR count). The number of carbonyl (C=O) groups excluding carboxylic acids is 2. The second-order valence-corrected chi connectivity index (χ2v) is 8.41. The van der Waals surface area contributed by atoms with E-state index in [9.17, 15) is 9.59 Å². The van der Waals surface area contributed by atoms with Gasteiger partial charge in [-0.15, -0.1) is 11.3 Å². The van der Waals surface area contributed by atoms with Gasteiger partial charge in [-0.1, -0.05) is 41.9 Å². The van der Waals surface area contributed by atoms with Crippen molar-refractivity contribution in [3.8, 4) is 5.75 Å². The predicted molar refractivity (Wildman–Crippen MR) is 122 cm³/mol. The van der Waals surface area contributed by atoms with Crippen LogP contribution < -0.4 is 15.4 Å². The van der Waals surface area contributed by atoms with Gasteiger partial charge in [0.25, 0.3) is 5.91 Å². The molecule has 0 spiro atoms. The summed E-state index contributed by atoms with van der Waals surface area (Å²) in [5.74, 6) is 0.166. The summed E-state index contributed by atoms with van der Waals surface area (Å²) in [7, 11) is 5.53. The quantitative estimate of drug-likeness (QED) is 0.554. The van der Waals surface area contributed by atoms with E-state index in [4.69, 9.17) is 16.3 Å². The molecule has 0 fully saturated rings. The van der Waals surface area contributed by atoms with Gasteiger partial charge in [0.1, 0.15) is 10.6 Å². The zero-order valence-corrected chi connectivity index (χ0v) is 18.6. The summed E-state index contributed by atoms with van der Waals surface area (Å²) in [5, 5.41) is 6.79. The lowest BCUT2D eigenvalue weighted by Gasteiger charge is -2.25. The molecular formula is C22H24ClN3O3S. The number of benzene rings is 2. The molecule has 30 heavy (non-hydrogen) atoms. The molecule has 2 N–H and O–H groups in total. The van der Waals surface area contributed by atoms with E-state index in [0.29, 0.717) is 16.4 Å². The van der Waals surface area contributed by atoms with Crippen molar-refractivity contribution in [3.63, 3.8) is 0 Å². The second-order valence-electron chi connectivity index (χ2n) is 6.98. The van der Waals surface area contributed by atoms with Crippen LogP contribution in [-0.4, -0.2) is 51.0 Å². The Labute approximate surface area is 184 Å². The highest BCUT2D eigenvalue weighted by Crippen LogP contribution is 2.34. The molecule has 158 valence electrons. The number of halogens is 1. The first-order valence-corrected chi connectivity index (χ1v) is 10.6. The van der Waals surface area contributed by atoms with Crippen molar-refractivity contribution in [1.82, 2.24) is 15.5 Å². The number of hydrogen-bond acceptors (Lipinski definition) is 5. The smallest absolute Gasteiger partial charge is 0.263 e. The van der Waals surface area contributed by atoms with Crippen LogP contribution >= 0.6 is 22.9 Å².